The van der Waals surface area contributed by atoms with E-state index < -0.39 is 0 Å². The molecule has 0 aromatic rings. The highest BCUT2D eigenvalue weighted by atomic mass is 16.5. The van der Waals surface area contributed by atoms with Gasteiger partial charge in [0.15, 0.2) is 0 Å². The van der Waals surface area contributed by atoms with E-state index >= 15 is 0 Å². The lowest BCUT2D eigenvalue weighted by Crippen LogP contribution is -2.44. The zero-order valence-electron chi connectivity index (χ0n) is 12.5. The van der Waals surface area contributed by atoms with E-state index in [9.17, 15) is 0 Å². The molecule has 1 aliphatic rings. The number of hydrogen-bond acceptors (Lipinski definition) is 3. The van der Waals surface area contributed by atoms with Crippen LogP contribution in [-0.2, 0) is 4.74 Å². The first-order valence-electron chi connectivity index (χ1n) is 7.72. The number of ether oxygens (including phenoxy) is 1. The fraction of sp³-hybridized carbons (Fsp3) is 1.00. The summed E-state index contributed by atoms with van der Waals surface area (Å²) in [6, 6.07) is 1.39. The summed E-state index contributed by atoms with van der Waals surface area (Å²) in [6.45, 7) is 10.1. The van der Waals surface area contributed by atoms with Gasteiger partial charge in [0, 0.05) is 25.2 Å². The van der Waals surface area contributed by atoms with Gasteiger partial charge in [0.1, 0.15) is 0 Å². The van der Waals surface area contributed by atoms with Gasteiger partial charge in [-0.2, -0.15) is 0 Å². The average Bonchev–Trinajstić information content (AvgIpc) is 2.39. The first-order chi connectivity index (χ1) is 8.69. The van der Waals surface area contributed by atoms with Gasteiger partial charge in [-0.15, -0.1) is 0 Å². The Morgan fingerprint density at radius 3 is 2.33 bits per heavy atom. The lowest BCUT2D eigenvalue weighted by Gasteiger charge is -2.39. The number of rotatable bonds is 8. The van der Waals surface area contributed by atoms with Crippen molar-refractivity contribution >= 4 is 0 Å². The van der Waals surface area contributed by atoms with Crippen molar-refractivity contribution in [2.24, 2.45) is 11.7 Å². The summed E-state index contributed by atoms with van der Waals surface area (Å²) in [5.74, 6) is 0.976. The van der Waals surface area contributed by atoms with Crippen LogP contribution < -0.4 is 5.73 Å². The maximum atomic E-state index is 5.53. The summed E-state index contributed by atoms with van der Waals surface area (Å²) in [6.07, 6.45) is 6.91. The van der Waals surface area contributed by atoms with Gasteiger partial charge in [0.05, 0.1) is 13.2 Å². The van der Waals surface area contributed by atoms with Crippen molar-refractivity contribution in [1.29, 1.82) is 0 Å². The molecule has 0 saturated heterocycles. The lowest BCUT2D eigenvalue weighted by atomic mass is 9.83. The van der Waals surface area contributed by atoms with Crippen molar-refractivity contribution in [2.75, 3.05) is 26.3 Å². The van der Waals surface area contributed by atoms with Crippen LogP contribution in [0.3, 0.4) is 0 Å². The van der Waals surface area contributed by atoms with Gasteiger partial charge < -0.3 is 10.5 Å². The van der Waals surface area contributed by atoms with E-state index in [1.165, 1.54) is 32.1 Å². The molecule has 0 atom stereocenters. The van der Waals surface area contributed by atoms with Crippen LogP contribution in [0.2, 0.25) is 0 Å². The molecule has 0 radical (unpaired) electrons. The molecule has 1 saturated carbocycles. The monoisotopic (exact) mass is 256 g/mol. The van der Waals surface area contributed by atoms with Crippen molar-refractivity contribution in [2.45, 2.75) is 65.0 Å². The molecule has 0 aliphatic heterocycles. The summed E-state index contributed by atoms with van der Waals surface area (Å²) in [5, 5.41) is 0. The highest BCUT2D eigenvalue weighted by Gasteiger charge is 2.26. The molecule has 1 fully saturated rings. The van der Waals surface area contributed by atoms with Gasteiger partial charge in [-0.05, 0) is 45.4 Å². The lowest BCUT2D eigenvalue weighted by molar-refractivity contribution is 0.0551. The Morgan fingerprint density at radius 2 is 1.83 bits per heavy atom. The van der Waals surface area contributed by atoms with Crippen LogP contribution in [-0.4, -0.2) is 43.3 Å². The Kier molecular flexibility index (Phi) is 7.87. The van der Waals surface area contributed by atoms with E-state index in [2.05, 4.69) is 25.7 Å². The second-order valence-electron chi connectivity index (χ2n) is 5.82. The van der Waals surface area contributed by atoms with Gasteiger partial charge in [-0.25, -0.2) is 0 Å². The molecule has 0 spiro atoms. The molecule has 0 unspecified atom stereocenters. The van der Waals surface area contributed by atoms with Crippen LogP contribution in [0.1, 0.15) is 52.9 Å². The number of nitrogens with zero attached hydrogens (tertiary/aromatic N) is 1. The highest BCUT2D eigenvalue weighted by molar-refractivity contribution is 4.81. The fourth-order valence-corrected chi connectivity index (χ4v) is 3.10. The van der Waals surface area contributed by atoms with Crippen molar-refractivity contribution in [3.63, 3.8) is 0 Å². The van der Waals surface area contributed by atoms with Gasteiger partial charge in [-0.1, -0.05) is 13.3 Å². The predicted octanol–water partition coefficient (Wildman–Crippen LogP) is 2.64. The number of nitrogens with two attached hydrogens (primary N) is 1. The Labute approximate surface area is 113 Å². The Morgan fingerprint density at radius 1 is 1.17 bits per heavy atom. The van der Waals surface area contributed by atoms with Crippen LogP contribution in [0.15, 0.2) is 0 Å². The van der Waals surface area contributed by atoms with Crippen LogP contribution in [0, 0.1) is 5.92 Å². The summed E-state index contributed by atoms with van der Waals surface area (Å²) in [5.41, 5.74) is 5.44. The highest BCUT2D eigenvalue weighted by Crippen LogP contribution is 2.30. The van der Waals surface area contributed by atoms with E-state index in [-0.39, 0.29) is 0 Å². The maximum Gasteiger partial charge on any atom is 0.0594 e. The van der Waals surface area contributed by atoms with Crippen LogP contribution in [0.25, 0.3) is 0 Å². The molecule has 2 N–H and O–H groups in total. The zero-order valence-corrected chi connectivity index (χ0v) is 12.5. The Balaban J connectivity index is 2.33. The minimum absolute atomic E-state index is 0.620. The molecule has 0 bridgehead atoms. The van der Waals surface area contributed by atoms with Crippen molar-refractivity contribution in [1.82, 2.24) is 4.90 Å². The Bertz CT molecular complexity index is 201. The van der Waals surface area contributed by atoms with E-state index in [4.69, 9.17) is 10.5 Å². The van der Waals surface area contributed by atoms with Gasteiger partial charge in [-0.3, -0.25) is 4.90 Å². The average molecular weight is 256 g/mol. The standard InChI is InChI=1S/C15H32N2O/c1-4-14-5-7-15(8-6-14)17(13(2)3)10-12-18-11-9-16/h13-15H,4-12,16H2,1-3H3. The summed E-state index contributed by atoms with van der Waals surface area (Å²) >= 11 is 0. The summed E-state index contributed by atoms with van der Waals surface area (Å²) < 4.78 is 5.53. The van der Waals surface area contributed by atoms with E-state index in [0.29, 0.717) is 19.2 Å². The van der Waals surface area contributed by atoms with E-state index in [1.807, 2.05) is 0 Å². The van der Waals surface area contributed by atoms with Gasteiger partial charge in [0.2, 0.25) is 0 Å². The molecule has 0 heterocycles. The molecular formula is C15H32N2O. The predicted molar refractivity (Wildman–Crippen MR) is 77.8 cm³/mol. The minimum Gasteiger partial charge on any atom is -0.379 e. The topological polar surface area (TPSA) is 38.5 Å². The van der Waals surface area contributed by atoms with Crippen molar-refractivity contribution in [3.05, 3.63) is 0 Å². The molecule has 108 valence electrons. The van der Waals surface area contributed by atoms with Crippen LogP contribution in [0.4, 0.5) is 0 Å². The third-order valence-electron chi connectivity index (χ3n) is 4.28. The first-order valence-corrected chi connectivity index (χ1v) is 7.72. The molecule has 0 aromatic heterocycles. The van der Waals surface area contributed by atoms with E-state index in [0.717, 1.165) is 25.1 Å². The third-order valence-corrected chi connectivity index (χ3v) is 4.28. The second-order valence-corrected chi connectivity index (χ2v) is 5.82. The molecule has 3 nitrogen and oxygen atoms in total. The first kappa shape index (κ1) is 15.9. The van der Waals surface area contributed by atoms with Crippen LogP contribution >= 0.6 is 0 Å². The smallest absolute Gasteiger partial charge is 0.0594 e. The maximum absolute atomic E-state index is 5.53. The van der Waals surface area contributed by atoms with Gasteiger partial charge >= 0.3 is 0 Å². The fourth-order valence-electron chi connectivity index (χ4n) is 3.10. The molecular weight excluding hydrogens is 224 g/mol. The van der Waals surface area contributed by atoms with Crippen LogP contribution in [0.5, 0.6) is 0 Å². The summed E-state index contributed by atoms with van der Waals surface area (Å²) in [7, 11) is 0. The molecule has 1 rings (SSSR count). The third kappa shape index (κ3) is 5.25. The molecule has 1 aliphatic carbocycles. The second kappa shape index (κ2) is 8.89. The largest absolute Gasteiger partial charge is 0.379 e. The minimum atomic E-state index is 0.620. The Hall–Kier alpha value is -0.120. The normalized spacial score (nSPS) is 25.0. The van der Waals surface area contributed by atoms with Crippen molar-refractivity contribution in [3.8, 4) is 0 Å². The molecule has 0 amide bonds. The number of hydrogen-bond donors (Lipinski definition) is 1. The quantitative estimate of drug-likeness (QED) is 0.679. The molecule has 0 aromatic carbocycles. The molecule has 3 heteroatoms. The van der Waals surface area contributed by atoms with E-state index in [1.54, 1.807) is 0 Å². The van der Waals surface area contributed by atoms with Gasteiger partial charge in [0.25, 0.3) is 0 Å². The van der Waals surface area contributed by atoms with Crippen molar-refractivity contribution < 1.29 is 4.74 Å². The zero-order chi connectivity index (χ0) is 13.4. The molecule has 18 heavy (non-hydrogen) atoms. The summed E-state index contributed by atoms with van der Waals surface area (Å²) in [4.78, 5) is 2.63. The SMILES string of the molecule is CCC1CCC(N(CCOCCN)C(C)C)CC1.